The van der Waals surface area contributed by atoms with Gasteiger partial charge in [-0.2, -0.15) is 0 Å². The van der Waals surface area contributed by atoms with Gasteiger partial charge in [0, 0.05) is 17.1 Å². The van der Waals surface area contributed by atoms with Crippen LogP contribution in [0, 0.1) is 17.0 Å². The third kappa shape index (κ3) is 3.31. The summed E-state index contributed by atoms with van der Waals surface area (Å²) in [6.07, 6.45) is 2.68. The molecule has 0 aliphatic rings. The summed E-state index contributed by atoms with van der Waals surface area (Å²) in [7, 11) is 0. The number of nitrogens with zero attached hydrogens (tertiary/aromatic N) is 3. The number of anilines is 1. The van der Waals surface area contributed by atoms with E-state index in [1.54, 1.807) is 6.20 Å². The smallest absolute Gasteiger partial charge is 0.342 e. The lowest BCUT2D eigenvalue weighted by Gasteiger charge is -2.12. The first-order valence-electron chi connectivity index (χ1n) is 5.95. The van der Waals surface area contributed by atoms with Crippen molar-refractivity contribution in [1.29, 1.82) is 0 Å². The van der Waals surface area contributed by atoms with Crippen LogP contribution in [0.2, 0.25) is 0 Å². The topological polar surface area (TPSA) is 118 Å². The molecule has 0 aromatic carbocycles. The van der Waals surface area contributed by atoms with Crippen LogP contribution < -0.4 is 5.32 Å². The van der Waals surface area contributed by atoms with Crippen LogP contribution in [-0.2, 0) is 0 Å². The van der Waals surface area contributed by atoms with Crippen molar-refractivity contribution in [2.45, 2.75) is 19.9 Å². The molecule has 8 nitrogen and oxygen atoms in total. The Morgan fingerprint density at radius 2 is 2.19 bits per heavy atom. The van der Waals surface area contributed by atoms with Crippen molar-refractivity contribution in [1.82, 2.24) is 9.97 Å². The summed E-state index contributed by atoms with van der Waals surface area (Å²) in [4.78, 5) is 30.2. The van der Waals surface area contributed by atoms with E-state index in [1.807, 2.05) is 13.8 Å². The Morgan fingerprint density at radius 1 is 1.48 bits per heavy atom. The van der Waals surface area contributed by atoms with E-state index in [2.05, 4.69) is 15.3 Å². The molecule has 0 fully saturated rings. The van der Waals surface area contributed by atoms with E-state index in [1.165, 1.54) is 11.3 Å². The number of pyridine rings is 1. The lowest BCUT2D eigenvalue weighted by atomic mass is 10.2. The van der Waals surface area contributed by atoms with Gasteiger partial charge in [-0.3, -0.25) is 10.1 Å². The van der Waals surface area contributed by atoms with Crippen molar-refractivity contribution in [2.24, 2.45) is 0 Å². The minimum atomic E-state index is -1.37. The average molecular weight is 308 g/mol. The highest BCUT2D eigenvalue weighted by Crippen LogP contribution is 2.25. The molecule has 9 heteroatoms. The number of rotatable bonds is 5. The predicted octanol–water partition coefficient (Wildman–Crippen LogP) is 2.63. The second-order valence-corrected chi connectivity index (χ2v) is 5.59. The first kappa shape index (κ1) is 14.9. The molecule has 110 valence electrons. The van der Waals surface area contributed by atoms with E-state index in [4.69, 9.17) is 5.11 Å². The van der Waals surface area contributed by atoms with Crippen LogP contribution in [0.25, 0.3) is 0 Å². The quantitative estimate of drug-likeness (QED) is 0.643. The summed E-state index contributed by atoms with van der Waals surface area (Å²) in [5.74, 6) is -1.12. The van der Waals surface area contributed by atoms with Crippen molar-refractivity contribution in [2.75, 3.05) is 5.32 Å². The van der Waals surface area contributed by atoms with Gasteiger partial charge in [-0.1, -0.05) is 0 Å². The number of nitro groups is 1. The molecule has 2 aromatic rings. The van der Waals surface area contributed by atoms with Gasteiger partial charge in [0.2, 0.25) is 0 Å². The molecule has 0 aliphatic heterocycles. The molecular weight excluding hydrogens is 296 g/mol. The van der Waals surface area contributed by atoms with Crippen molar-refractivity contribution < 1.29 is 14.8 Å². The highest BCUT2D eigenvalue weighted by Gasteiger charge is 2.21. The minimum absolute atomic E-state index is 0.181. The number of thiazole rings is 1. The van der Waals surface area contributed by atoms with Gasteiger partial charge in [0.1, 0.15) is 22.6 Å². The summed E-state index contributed by atoms with van der Waals surface area (Å²) in [6.45, 7) is 3.78. The molecule has 0 aliphatic carbocycles. The fourth-order valence-electron chi connectivity index (χ4n) is 1.70. The fraction of sp³-hybridized carbons (Fsp3) is 0.250. The number of hydrogen-bond donors (Lipinski definition) is 2. The SMILES string of the molecule is Cc1cnc(C(C)Nc2cc(C(=O)O)c([N+](=O)[O-])cn2)s1. The minimum Gasteiger partial charge on any atom is -0.477 e. The van der Waals surface area contributed by atoms with Crippen molar-refractivity contribution in [3.63, 3.8) is 0 Å². The largest absolute Gasteiger partial charge is 0.477 e. The number of aryl methyl sites for hydroxylation is 1. The van der Waals surface area contributed by atoms with E-state index >= 15 is 0 Å². The molecule has 1 atom stereocenters. The van der Waals surface area contributed by atoms with E-state index in [0.29, 0.717) is 0 Å². The highest BCUT2D eigenvalue weighted by molar-refractivity contribution is 7.11. The standard InChI is InChI=1S/C12H12N4O4S/c1-6-4-14-11(21-6)7(2)15-10-3-8(12(17)18)9(5-13-10)16(19)20/h3-5,7H,1-2H3,(H,13,15)(H,17,18). The molecule has 2 N–H and O–H groups in total. The number of aromatic carboxylic acids is 1. The maximum atomic E-state index is 11.1. The van der Waals surface area contributed by atoms with E-state index in [-0.39, 0.29) is 11.9 Å². The molecule has 0 saturated heterocycles. The maximum Gasteiger partial charge on any atom is 0.342 e. The van der Waals surface area contributed by atoms with Gasteiger partial charge < -0.3 is 10.4 Å². The predicted molar refractivity (Wildman–Crippen MR) is 76.7 cm³/mol. The number of carboxylic acid groups (broad SMARTS) is 1. The number of aromatic nitrogens is 2. The Hall–Kier alpha value is -2.55. The van der Waals surface area contributed by atoms with Gasteiger partial charge in [0.15, 0.2) is 0 Å². The molecule has 1 unspecified atom stereocenters. The molecule has 0 amide bonds. The molecule has 2 heterocycles. The Labute approximate surface area is 123 Å². The molecule has 21 heavy (non-hydrogen) atoms. The van der Waals surface area contributed by atoms with E-state index in [9.17, 15) is 14.9 Å². The third-order valence-electron chi connectivity index (χ3n) is 2.68. The van der Waals surface area contributed by atoms with E-state index < -0.39 is 22.1 Å². The lowest BCUT2D eigenvalue weighted by Crippen LogP contribution is -2.10. The zero-order valence-corrected chi connectivity index (χ0v) is 12.0. The molecule has 0 spiro atoms. The number of carbonyl (C=O) groups is 1. The normalized spacial score (nSPS) is 11.9. The third-order valence-corrected chi connectivity index (χ3v) is 3.78. The van der Waals surface area contributed by atoms with Crippen LogP contribution in [0.1, 0.15) is 33.2 Å². The zero-order chi connectivity index (χ0) is 15.6. The Morgan fingerprint density at radius 3 is 2.71 bits per heavy atom. The monoisotopic (exact) mass is 308 g/mol. The second-order valence-electron chi connectivity index (χ2n) is 4.32. The fourth-order valence-corrected chi connectivity index (χ4v) is 2.48. The average Bonchev–Trinajstić information content (AvgIpc) is 2.85. The first-order valence-corrected chi connectivity index (χ1v) is 6.76. The molecule has 0 saturated carbocycles. The molecule has 2 aromatic heterocycles. The van der Waals surface area contributed by atoms with Gasteiger partial charge in [-0.05, 0) is 13.8 Å². The Bertz CT molecular complexity index is 700. The number of hydrogen-bond acceptors (Lipinski definition) is 7. The summed E-state index contributed by atoms with van der Waals surface area (Å²) in [5.41, 5.74) is -0.939. The molecular formula is C12H12N4O4S. The van der Waals surface area contributed by atoms with Crippen LogP contribution in [0.15, 0.2) is 18.5 Å². The first-order chi connectivity index (χ1) is 9.88. The lowest BCUT2D eigenvalue weighted by molar-refractivity contribution is -0.385. The zero-order valence-electron chi connectivity index (χ0n) is 11.2. The summed E-state index contributed by atoms with van der Waals surface area (Å²) in [5, 5.41) is 23.6. The Kier molecular flexibility index (Phi) is 4.13. The highest BCUT2D eigenvalue weighted by atomic mass is 32.1. The molecule has 2 rings (SSSR count). The van der Waals surface area contributed by atoms with Gasteiger partial charge in [-0.25, -0.2) is 14.8 Å². The number of carboxylic acids is 1. The van der Waals surface area contributed by atoms with Gasteiger partial charge >= 0.3 is 11.7 Å². The van der Waals surface area contributed by atoms with Crippen LogP contribution in [0.5, 0.6) is 0 Å². The van der Waals surface area contributed by atoms with Gasteiger partial charge in [-0.15, -0.1) is 11.3 Å². The molecule has 0 bridgehead atoms. The van der Waals surface area contributed by atoms with Gasteiger partial charge in [0.25, 0.3) is 0 Å². The van der Waals surface area contributed by atoms with E-state index in [0.717, 1.165) is 22.1 Å². The molecule has 0 radical (unpaired) electrons. The maximum absolute atomic E-state index is 11.1. The van der Waals surface area contributed by atoms with Crippen LogP contribution in [0.3, 0.4) is 0 Å². The van der Waals surface area contributed by atoms with Crippen LogP contribution >= 0.6 is 11.3 Å². The van der Waals surface area contributed by atoms with Crippen LogP contribution in [-0.4, -0.2) is 26.0 Å². The summed E-state index contributed by atoms with van der Waals surface area (Å²) >= 11 is 1.51. The van der Waals surface area contributed by atoms with Crippen molar-refractivity contribution >= 4 is 28.8 Å². The Balaban J connectivity index is 2.27. The van der Waals surface area contributed by atoms with Crippen molar-refractivity contribution in [3.8, 4) is 0 Å². The van der Waals surface area contributed by atoms with Crippen molar-refractivity contribution in [3.05, 3.63) is 44.0 Å². The number of nitrogens with one attached hydrogen (secondary N) is 1. The summed E-state index contributed by atoms with van der Waals surface area (Å²) < 4.78 is 0. The second kappa shape index (κ2) is 5.83. The van der Waals surface area contributed by atoms with Gasteiger partial charge in [0.05, 0.1) is 11.0 Å². The van der Waals surface area contributed by atoms with Crippen LogP contribution in [0.4, 0.5) is 11.5 Å². The summed E-state index contributed by atoms with van der Waals surface area (Å²) in [6, 6.07) is 0.969.